The molecule has 1 heterocycles. The Kier molecular flexibility index (Phi) is 7.12. The highest BCUT2D eigenvalue weighted by molar-refractivity contribution is 7.05. The van der Waals surface area contributed by atoms with Crippen LogP contribution in [0.25, 0.3) is 0 Å². The molecule has 3 rings (SSSR count). The highest BCUT2D eigenvalue weighted by Crippen LogP contribution is 2.35. The van der Waals surface area contributed by atoms with Gasteiger partial charge in [-0.05, 0) is 63.0 Å². The molecule has 0 saturated heterocycles. The number of carbonyl (C=O) groups is 2. The van der Waals surface area contributed by atoms with Gasteiger partial charge in [-0.25, -0.2) is 4.39 Å². The summed E-state index contributed by atoms with van der Waals surface area (Å²) in [5, 5.41) is 18.4. The van der Waals surface area contributed by atoms with Gasteiger partial charge in [-0.1, -0.05) is 22.7 Å². The van der Waals surface area contributed by atoms with Crippen molar-refractivity contribution < 1.29 is 18.9 Å². The van der Waals surface area contributed by atoms with Crippen molar-refractivity contribution in [3.8, 4) is 0 Å². The minimum absolute atomic E-state index is 0.0178. The molecule has 33 heavy (non-hydrogen) atoms. The van der Waals surface area contributed by atoms with Crippen LogP contribution < -0.4 is 10.2 Å². The molecule has 2 amide bonds. The van der Waals surface area contributed by atoms with Crippen molar-refractivity contribution in [3.05, 3.63) is 80.1 Å². The van der Waals surface area contributed by atoms with E-state index in [1.807, 2.05) is 0 Å². The summed E-state index contributed by atoms with van der Waals surface area (Å²) in [7, 11) is 0. The first-order chi connectivity index (χ1) is 15.6. The third-order valence-electron chi connectivity index (χ3n) is 4.87. The summed E-state index contributed by atoms with van der Waals surface area (Å²) in [5.41, 5.74) is 0.00161. The molecule has 1 aromatic heterocycles. The second-order valence-electron chi connectivity index (χ2n) is 7.67. The number of para-hydroxylation sites is 1. The minimum Gasteiger partial charge on any atom is -0.352 e. The number of nitrogens with zero attached hydrogens (tertiary/aromatic N) is 4. The van der Waals surface area contributed by atoms with Crippen LogP contribution in [-0.4, -0.2) is 32.4 Å². The van der Waals surface area contributed by atoms with Crippen molar-refractivity contribution in [2.75, 3.05) is 4.90 Å². The second-order valence-corrected chi connectivity index (χ2v) is 8.63. The molecule has 0 bridgehead atoms. The first kappa shape index (κ1) is 23.9. The first-order valence-electron chi connectivity index (χ1n) is 10.0. The van der Waals surface area contributed by atoms with E-state index in [-0.39, 0.29) is 28.7 Å². The number of aryl methyl sites for hydroxylation is 2. The number of aromatic nitrogens is 2. The number of nitro benzene ring substituents is 1. The van der Waals surface area contributed by atoms with Crippen LogP contribution in [0.15, 0.2) is 42.5 Å². The zero-order valence-corrected chi connectivity index (χ0v) is 19.2. The predicted molar refractivity (Wildman–Crippen MR) is 122 cm³/mol. The Balaban J connectivity index is 2.30. The number of amides is 2. The Morgan fingerprint density at radius 3 is 2.45 bits per heavy atom. The molecule has 1 N–H and O–H groups in total. The number of nitro groups is 1. The Labute approximate surface area is 193 Å². The number of hydrogen-bond acceptors (Lipinski definition) is 7. The molecule has 0 spiro atoms. The summed E-state index contributed by atoms with van der Waals surface area (Å²) in [6.45, 7) is 6.64. The van der Waals surface area contributed by atoms with Crippen LogP contribution >= 0.6 is 11.5 Å². The van der Waals surface area contributed by atoms with Crippen molar-refractivity contribution in [3.63, 3.8) is 0 Å². The van der Waals surface area contributed by atoms with Gasteiger partial charge in [-0.15, -0.1) is 5.10 Å². The summed E-state index contributed by atoms with van der Waals surface area (Å²) in [6.07, 6.45) is 0. The number of benzene rings is 2. The lowest BCUT2D eigenvalue weighted by molar-refractivity contribution is -0.385. The Morgan fingerprint density at radius 2 is 1.88 bits per heavy atom. The largest absolute Gasteiger partial charge is 0.352 e. The summed E-state index contributed by atoms with van der Waals surface area (Å²) in [5.74, 6) is -1.98. The lowest BCUT2D eigenvalue weighted by atomic mass is 10.00. The molecule has 172 valence electrons. The molecule has 11 heteroatoms. The van der Waals surface area contributed by atoms with Crippen molar-refractivity contribution in [2.45, 2.75) is 39.8 Å². The Morgan fingerprint density at radius 1 is 1.18 bits per heavy atom. The van der Waals surface area contributed by atoms with Crippen molar-refractivity contribution in [1.29, 1.82) is 0 Å². The maximum absolute atomic E-state index is 14.5. The van der Waals surface area contributed by atoms with Crippen LogP contribution in [0.5, 0.6) is 0 Å². The van der Waals surface area contributed by atoms with E-state index in [0.29, 0.717) is 10.4 Å². The zero-order valence-electron chi connectivity index (χ0n) is 18.4. The molecular formula is C22H22FN5O4S. The van der Waals surface area contributed by atoms with Gasteiger partial charge in [0.15, 0.2) is 5.69 Å². The van der Waals surface area contributed by atoms with Crippen LogP contribution in [0.1, 0.15) is 46.4 Å². The quantitative estimate of drug-likeness (QED) is 0.409. The number of carbonyl (C=O) groups excluding carboxylic acids is 2. The SMILES string of the molecule is Cc1ccc(N(C(=O)c2nnsc2C)C(C(=O)NC(C)C)c2ccccc2[N+](=O)[O-])cc1F. The molecule has 0 fully saturated rings. The minimum atomic E-state index is -1.47. The van der Waals surface area contributed by atoms with E-state index in [2.05, 4.69) is 14.9 Å². The molecule has 0 saturated carbocycles. The monoisotopic (exact) mass is 471 g/mol. The standard InChI is InChI=1S/C22H22FN5O4S/c1-12(2)24-21(29)20(16-7-5-6-8-18(16)28(31)32)27(15-10-9-13(3)17(23)11-15)22(30)19-14(4)33-26-25-19/h5-12,20H,1-4H3,(H,24,29). The van der Waals surface area contributed by atoms with E-state index < -0.39 is 28.6 Å². The molecule has 2 aromatic carbocycles. The highest BCUT2D eigenvalue weighted by atomic mass is 32.1. The highest BCUT2D eigenvalue weighted by Gasteiger charge is 2.39. The van der Waals surface area contributed by atoms with E-state index in [0.717, 1.165) is 22.5 Å². The molecular weight excluding hydrogens is 449 g/mol. The van der Waals surface area contributed by atoms with E-state index in [4.69, 9.17) is 0 Å². The number of nitrogens with one attached hydrogen (secondary N) is 1. The zero-order chi connectivity index (χ0) is 24.3. The molecule has 0 radical (unpaired) electrons. The van der Waals surface area contributed by atoms with Crippen LogP contribution in [0, 0.1) is 29.8 Å². The van der Waals surface area contributed by atoms with Crippen molar-refractivity contribution in [2.24, 2.45) is 0 Å². The molecule has 1 atom stereocenters. The van der Waals surface area contributed by atoms with Crippen molar-refractivity contribution >= 4 is 34.7 Å². The number of halogens is 1. The average molecular weight is 472 g/mol. The number of rotatable bonds is 7. The molecule has 3 aromatic rings. The van der Waals surface area contributed by atoms with Gasteiger partial charge in [0.25, 0.3) is 11.6 Å². The summed E-state index contributed by atoms with van der Waals surface area (Å²) in [4.78, 5) is 39.7. The third kappa shape index (κ3) is 5.03. The molecule has 1 unspecified atom stereocenters. The van der Waals surface area contributed by atoms with Gasteiger partial charge in [0.05, 0.1) is 15.4 Å². The smallest absolute Gasteiger partial charge is 0.281 e. The summed E-state index contributed by atoms with van der Waals surface area (Å²) in [6, 6.07) is 7.92. The number of anilines is 1. The van der Waals surface area contributed by atoms with Crippen molar-refractivity contribution in [1.82, 2.24) is 14.9 Å². The van der Waals surface area contributed by atoms with E-state index in [1.54, 1.807) is 27.7 Å². The lowest BCUT2D eigenvalue weighted by Crippen LogP contribution is -2.46. The first-order valence-corrected chi connectivity index (χ1v) is 10.8. The molecule has 9 nitrogen and oxygen atoms in total. The topological polar surface area (TPSA) is 118 Å². The maximum Gasteiger partial charge on any atom is 0.281 e. The fraction of sp³-hybridized carbons (Fsp3) is 0.273. The Hall–Kier alpha value is -3.73. The van der Waals surface area contributed by atoms with Crippen LogP contribution in [0.3, 0.4) is 0 Å². The Bertz CT molecular complexity index is 1210. The molecule has 0 aliphatic carbocycles. The number of hydrogen-bond donors (Lipinski definition) is 1. The third-order valence-corrected chi connectivity index (χ3v) is 5.50. The lowest BCUT2D eigenvalue weighted by Gasteiger charge is -2.31. The van der Waals surface area contributed by atoms with Gasteiger partial charge in [0.1, 0.15) is 11.9 Å². The summed E-state index contributed by atoms with van der Waals surface area (Å²) >= 11 is 0.994. The van der Waals surface area contributed by atoms with Gasteiger partial charge >= 0.3 is 0 Å². The predicted octanol–water partition coefficient (Wildman–Crippen LogP) is 4.11. The fourth-order valence-corrected chi connectivity index (χ4v) is 3.76. The van der Waals surface area contributed by atoms with Crippen LogP contribution in [-0.2, 0) is 4.79 Å². The summed E-state index contributed by atoms with van der Waals surface area (Å²) < 4.78 is 18.3. The van der Waals surface area contributed by atoms with Crippen LogP contribution in [0.2, 0.25) is 0 Å². The fourth-order valence-electron chi connectivity index (χ4n) is 3.30. The maximum atomic E-state index is 14.5. The van der Waals surface area contributed by atoms with E-state index >= 15 is 0 Å². The van der Waals surface area contributed by atoms with Gasteiger partial charge in [0.2, 0.25) is 5.91 Å². The van der Waals surface area contributed by atoms with Crippen LogP contribution in [0.4, 0.5) is 15.8 Å². The van der Waals surface area contributed by atoms with E-state index in [9.17, 15) is 24.1 Å². The average Bonchev–Trinajstić information content (AvgIpc) is 3.19. The van der Waals surface area contributed by atoms with E-state index in [1.165, 1.54) is 36.4 Å². The normalized spacial score (nSPS) is 11.8. The second kappa shape index (κ2) is 9.82. The van der Waals surface area contributed by atoms with Gasteiger partial charge in [-0.3, -0.25) is 24.6 Å². The molecule has 0 aliphatic heterocycles. The van der Waals surface area contributed by atoms with Gasteiger partial charge < -0.3 is 5.32 Å². The van der Waals surface area contributed by atoms with Gasteiger partial charge in [0, 0.05) is 17.8 Å². The molecule has 0 aliphatic rings. The van der Waals surface area contributed by atoms with Gasteiger partial charge in [-0.2, -0.15) is 0 Å².